The average Bonchev–Trinajstić information content (AvgIpc) is 3.28. The van der Waals surface area contributed by atoms with Crippen molar-refractivity contribution in [3.8, 4) is 17.0 Å². The second-order valence-electron chi connectivity index (χ2n) is 6.88. The van der Waals surface area contributed by atoms with E-state index in [1.54, 1.807) is 30.6 Å². The highest BCUT2D eigenvalue weighted by Gasteiger charge is 2.15. The Morgan fingerprint density at radius 1 is 1.16 bits per heavy atom. The lowest BCUT2D eigenvalue weighted by atomic mass is 10.2. The Morgan fingerprint density at radius 2 is 1.94 bits per heavy atom. The van der Waals surface area contributed by atoms with Crippen LogP contribution in [0.3, 0.4) is 0 Å². The second-order valence-corrected chi connectivity index (χ2v) is 7.77. The van der Waals surface area contributed by atoms with Crippen LogP contribution in [0.2, 0.25) is 0 Å². The number of rotatable bonds is 10. The number of benzene rings is 1. The van der Waals surface area contributed by atoms with Crippen LogP contribution in [0.1, 0.15) is 48.1 Å². The highest BCUT2D eigenvalue weighted by atomic mass is 32.1. The molecular formula is C23H26N4O3S. The zero-order chi connectivity index (χ0) is 22.1. The number of pyridine rings is 1. The molecule has 0 spiro atoms. The van der Waals surface area contributed by atoms with E-state index >= 15 is 0 Å². The molecule has 0 aliphatic carbocycles. The molecule has 162 valence electrons. The van der Waals surface area contributed by atoms with Gasteiger partial charge in [-0.15, -0.1) is 11.3 Å². The van der Waals surface area contributed by atoms with E-state index in [4.69, 9.17) is 4.74 Å². The molecule has 2 aromatic heterocycles. The van der Waals surface area contributed by atoms with Crippen LogP contribution in [0.25, 0.3) is 11.3 Å². The Hall–Kier alpha value is -3.26. The summed E-state index contributed by atoms with van der Waals surface area (Å²) in [5, 5.41) is 8.64. The maximum atomic E-state index is 12.4. The molecule has 0 saturated heterocycles. The fourth-order valence-electron chi connectivity index (χ4n) is 3.00. The molecule has 2 heterocycles. The normalized spacial score (nSPS) is 11.5. The number of aromatic nitrogens is 2. The molecule has 2 amide bonds. The van der Waals surface area contributed by atoms with Gasteiger partial charge in [0.1, 0.15) is 10.8 Å². The van der Waals surface area contributed by atoms with Gasteiger partial charge in [-0.25, -0.2) is 4.98 Å². The first kappa shape index (κ1) is 22.4. The Balaban J connectivity index is 1.42. The number of nitrogens with one attached hydrogen (secondary N) is 2. The fraction of sp³-hybridized carbons (Fsp3) is 0.304. The summed E-state index contributed by atoms with van der Waals surface area (Å²) in [6.45, 7) is 4.69. The fourth-order valence-corrected chi connectivity index (χ4v) is 3.83. The van der Waals surface area contributed by atoms with Crippen molar-refractivity contribution in [3.05, 3.63) is 64.7 Å². The van der Waals surface area contributed by atoms with E-state index < -0.39 is 0 Å². The summed E-state index contributed by atoms with van der Waals surface area (Å²) >= 11 is 1.51. The summed E-state index contributed by atoms with van der Waals surface area (Å²) in [4.78, 5) is 33.3. The molecule has 0 bridgehead atoms. The lowest BCUT2D eigenvalue weighted by Crippen LogP contribution is -2.29. The molecule has 31 heavy (non-hydrogen) atoms. The topological polar surface area (TPSA) is 93.2 Å². The van der Waals surface area contributed by atoms with Gasteiger partial charge in [-0.05, 0) is 44.5 Å². The Kier molecular flexibility index (Phi) is 8.12. The second kappa shape index (κ2) is 11.2. The molecule has 0 radical (unpaired) electrons. The number of para-hydroxylation sites is 1. The number of carbonyl (C=O) groups is 2. The molecule has 1 aromatic carbocycles. The molecule has 7 nitrogen and oxygen atoms in total. The Bertz CT molecular complexity index is 1010. The quantitative estimate of drug-likeness (QED) is 0.467. The molecule has 3 rings (SSSR count). The van der Waals surface area contributed by atoms with Crippen LogP contribution in [0.4, 0.5) is 0 Å². The largest absolute Gasteiger partial charge is 0.493 e. The molecule has 0 saturated carbocycles. The molecule has 1 atom stereocenters. The number of thiazole rings is 1. The van der Waals surface area contributed by atoms with Crippen molar-refractivity contribution in [3.63, 3.8) is 0 Å². The van der Waals surface area contributed by atoms with E-state index in [2.05, 4.69) is 20.6 Å². The van der Waals surface area contributed by atoms with E-state index in [0.717, 1.165) is 16.3 Å². The van der Waals surface area contributed by atoms with Crippen molar-refractivity contribution in [2.45, 2.75) is 32.7 Å². The average molecular weight is 439 g/mol. The number of nitrogens with zero attached hydrogens (tertiary/aromatic N) is 2. The van der Waals surface area contributed by atoms with E-state index in [-0.39, 0.29) is 17.9 Å². The van der Waals surface area contributed by atoms with Gasteiger partial charge < -0.3 is 15.4 Å². The monoisotopic (exact) mass is 438 g/mol. The molecule has 0 fully saturated rings. The third kappa shape index (κ3) is 6.36. The number of hydrogen-bond acceptors (Lipinski definition) is 6. The zero-order valence-corrected chi connectivity index (χ0v) is 18.4. The van der Waals surface area contributed by atoms with Crippen LogP contribution in [0.5, 0.6) is 5.75 Å². The molecular weight excluding hydrogens is 412 g/mol. The smallest absolute Gasteiger partial charge is 0.255 e. The maximum Gasteiger partial charge on any atom is 0.255 e. The number of amides is 2. The van der Waals surface area contributed by atoms with Gasteiger partial charge in [0.2, 0.25) is 5.91 Å². The van der Waals surface area contributed by atoms with Gasteiger partial charge in [-0.3, -0.25) is 14.6 Å². The molecule has 8 heteroatoms. The van der Waals surface area contributed by atoms with Crippen molar-refractivity contribution >= 4 is 23.2 Å². The van der Waals surface area contributed by atoms with E-state index in [0.29, 0.717) is 37.3 Å². The number of ether oxygens (including phenoxy) is 1. The van der Waals surface area contributed by atoms with Gasteiger partial charge in [0.05, 0.1) is 23.9 Å². The molecule has 0 aliphatic rings. The minimum absolute atomic E-state index is 0.0721. The van der Waals surface area contributed by atoms with Crippen molar-refractivity contribution < 1.29 is 14.3 Å². The van der Waals surface area contributed by atoms with E-state index in [9.17, 15) is 9.59 Å². The van der Waals surface area contributed by atoms with Gasteiger partial charge in [0, 0.05) is 36.3 Å². The molecule has 1 unspecified atom stereocenters. The highest BCUT2D eigenvalue weighted by molar-refractivity contribution is 7.10. The summed E-state index contributed by atoms with van der Waals surface area (Å²) in [5.41, 5.74) is 2.37. The van der Waals surface area contributed by atoms with Crippen LogP contribution >= 0.6 is 11.3 Å². The summed E-state index contributed by atoms with van der Waals surface area (Å²) in [7, 11) is 0. The van der Waals surface area contributed by atoms with Gasteiger partial charge >= 0.3 is 0 Å². The lowest BCUT2D eigenvalue weighted by molar-refractivity contribution is -0.121. The summed E-state index contributed by atoms with van der Waals surface area (Å²) < 4.78 is 5.49. The molecule has 3 aromatic rings. The third-order valence-corrected chi connectivity index (χ3v) is 5.57. The Morgan fingerprint density at radius 3 is 2.71 bits per heavy atom. The van der Waals surface area contributed by atoms with Crippen LogP contribution in [-0.2, 0) is 4.79 Å². The van der Waals surface area contributed by atoms with Gasteiger partial charge in [-0.2, -0.15) is 0 Å². The van der Waals surface area contributed by atoms with E-state index in [1.165, 1.54) is 11.3 Å². The van der Waals surface area contributed by atoms with Crippen molar-refractivity contribution in [1.82, 2.24) is 20.6 Å². The van der Waals surface area contributed by atoms with Crippen LogP contribution in [0, 0.1) is 0 Å². The first-order valence-electron chi connectivity index (χ1n) is 10.2. The first-order valence-corrected chi connectivity index (χ1v) is 11.1. The van der Waals surface area contributed by atoms with Crippen LogP contribution in [0.15, 0.2) is 54.2 Å². The minimum Gasteiger partial charge on any atom is -0.493 e. The Labute approximate surface area is 185 Å². The van der Waals surface area contributed by atoms with Crippen molar-refractivity contribution in [1.29, 1.82) is 0 Å². The molecule has 0 aliphatic heterocycles. The third-order valence-electron chi connectivity index (χ3n) is 4.54. The minimum atomic E-state index is -0.204. The first-order chi connectivity index (χ1) is 15.1. The standard InChI is InChI=1S/C23H26N4O3S/c1-3-30-20-8-5-4-7-18(20)22(29)25-12-6-9-21(28)26-16(2)23-27-19(15-31-23)17-10-13-24-14-11-17/h4-5,7-8,10-11,13-16H,3,6,9,12H2,1-2H3,(H,25,29)(H,26,28). The maximum absolute atomic E-state index is 12.4. The summed E-state index contributed by atoms with van der Waals surface area (Å²) in [5.74, 6) is 0.282. The van der Waals surface area contributed by atoms with Gasteiger partial charge in [0.15, 0.2) is 0 Å². The van der Waals surface area contributed by atoms with Gasteiger partial charge in [-0.1, -0.05) is 12.1 Å². The zero-order valence-electron chi connectivity index (χ0n) is 17.6. The SMILES string of the molecule is CCOc1ccccc1C(=O)NCCCC(=O)NC(C)c1nc(-c2ccncc2)cs1. The van der Waals surface area contributed by atoms with Gasteiger partial charge in [0.25, 0.3) is 5.91 Å². The van der Waals surface area contributed by atoms with Crippen molar-refractivity contribution in [2.75, 3.05) is 13.2 Å². The van der Waals surface area contributed by atoms with Crippen molar-refractivity contribution in [2.24, 2.45) is 0 Å². The summed E-state index contributed by atoms with van der Waals surface area (Å²) in [6.07, 6.45) is 4.32. The highest BCUT2D eigenvalue weighted by Crippen LogP contribution is 2.25. The lowest BCUT2D eigenvalue weighted by Gasteiger charge is -2.12. The summed E-state index contributed by atoms with van der Waals surface area (Å²) in [6, 6.07) is 10.8. The van der Waals surface area contributed by atoms with Crippen LogP contribution < -0.4 is 15.4 Å². The number of carbonyl (C=O) groups excluding carboxylic acids is 2. The number of hydrogen-bond donors (Lipinski definition) is 2. The molecule has 2 N–H and O–H groups in total. The predicted molar refractivity (Wildman–Crippen MR) is 121 cm³/mol. The van der Waals surface area contributed by atoms with Crippen LogP contribution in [-0.4, -0.2) is 34.9 Å². The van der Waals surface area contributed by atoms with E-state index in [1.807, 2.05) is 37.4 Å². The predicted octanol–water partition coefficient (Wildman–Crippen LogP) is 3.99.